The molecule has 0 amide bonds. The molecule has 0 fully saturated rings. The largest absolute Gasteiger partial charge is 0.496 e. The topological polar surface area (TPSA) is 12.5 Å². The molecule has 0 saturated carbocycles. The van der Waals surface area contributed by atoms with Crippen molar-refractivity contribution < 1.29 is 4.74 Å². The SMILES string of the molecule is CC.CCCCN(C)C(C)c1cc(C)ccc1OC. The van der Waals surface area contributed by atoms with Crippen LogP contribution in [0.15, 0.2) is 18.2 Å². The van der Waals surface area contributed by atoms with Gasteiger partial charge in [-0.2, -0.15) is 0 Å². The molecule has 0 aliphatic carbocycles. The molecule has 0 bridgehead atoms. The third kappa shape index (κ3) is 5.65. The first-order valence-electron chi connectivity index (χ1n) is 7.45. The maximum absolute atomic E-state index is 5.45. The van der Waals surface area contributed by atoms with Crippen molar-refractivity contribution in [3.63, 3.8) is 0 Å². The molecule has 1 aromatic carbocycles. The summed E-state index contributed by atoms with van der Waals surface area (Å²) in [5.74, 6) is 0.992. The number of rotatable bonds is 6. The Hall–Kier alpha value is -1.02. The fraction of sp³-hybridized carbons (Fsp3) is 0.647. The number of benzene rings is 1. The summed E-state index contributed by atoms with van der Waals surface area (Å²) in [6.45, 7) is 11.7. The fourth-order valence-corrected chi connectivity index (χ4v) is 2.02. The molecule has 1 atom stereocenters. The number of methoxy groups -OCH3 is 1. The summed E-state index contributed by atoms with van der Waals surface area (Å²) in [6, 6.07) is 6.79. The summed E-state index contributed by atoms with van der Waals surface area (Å²) in [4.78, 5) is 2.39. The quantitative estimate of drug-likeness (QED) is 0.731. The third-order valence-corrected chi connectivity index (χ3v) is 3.36. The molecule has 2 heteroatoms. The summed E-state index contributed by atoms with van der Waals surface area (Å²) in [7, 11) is 3.93. The van der Waals surface area contributed by atoms with Crippen molar-refractivity contribution in [3.05, 3.63) is 29.3 Å². The lowest BCUT2D eigenvalue weighted by atomic mass is 10.0. The van der Waals surface area contributed by atoms with Gasteiger partial charge in [0.05, 0.1) is 7.11 Å². The monoisotopic (exact) mass is 265 g/mol. The molecule has 0 aliphatic rings. The van der Waals surface area contributed by atoms with E-state index >= 15 is 0 Å². The molecule has 0 aromatic heterocycles. The van der Waals surface area contributed by atoms with Crippen LogP contribution < -0.4 is 4.74 Å². The second-order valence-corrected chi connectivity index (χ2v) is 4.76. The Labute approximate surface area is 119 Å². The Bertz CT molecular complexity index is 349. The van der Waals surface area contributed by atoms with E-state index in [2.05, 4.69) is 50.9 Å². The van der Waals surface area contributed by atoms with Crippen LogP contribution in [0.25, 0.3) is 0 Å². The summed E-state index contributed by atoms with van der Waals surface area (Å²) >= 11 is 0. The Morgan fingerprint density at radius 2 is 1.89 bits per heavy atom. The Morgan fingerprint density at radius 3 is 2.42 bits per heavy atom. The van der Waals surface area contributed by atoms with Crippen molar-refractivity contribution in [1.29, 1.82) is 0 Å². The highest BCUT2D eigenvalue weighted by Gasteiger charge is 2.15. The van der Waals surface area contributed by atoms with E-state index in [-0.39, 0.29) is 0 Å². The number of unbranched alkanes of at least 4 members (excludes halogenated alkanes) is 1. The Balaban J connectivity index is 0.00000154. The van der Waals surface area contributed by atoms with Crippen molar-refractivity contribution in [2.75, 3.05) is 20.7 Å². The van der Waals surface area contributed by atoms with Gasteiger partial charge in [-0.15, -0.1) is 0 Å². The maximum Gasteiger partial charge on any atom is 0.123 e. The average molecular weight is 265 g/mol. The summed E-state index contributed by atoms with van der Waals surface area (Å²) in [6.07, 6.45) is 2.48. The number of aryl methyl sites for hydroxylation is 1. The van der Waals surface area contributed by atoms with Gasteiger partial charge in [-0.3, -0.25) is 4.90 Å². The van der Waals surface area contributed by atoms with Gasteiger partial charge in [0.2, 0.25) is 0 Å². The molecule has 0 aliphatic heterocycles. The number of ether oxygens (including phenoxy) is 1. The standard InChI is InChI=1S/C15H25NO.C2H6/c1-6-7-10-16(4)13(3)14-11-12(2)8-9-15(14)17-5;1-2/h8-9,11,13H,6-7,10H2,1-5H3;1-2H3. The molecule has 2 nitrogen and oxygen atoms in total. The number of hydrogen-bond acceptors (Lipinski definition) is 2. The molecule has 19 heavy (non-hydrogen) atoms. The van der Waals surface area contributed by atoms with Crippen LogP contribution in [0, 0.1) is 6.92 Å². The summed E-state index contributed by atoms with van der Waals surface area (Å²) < 4.78 is 5.45. The zero-order valence-electron chi connectivity index (χ0n) is 13.8. The third-order valence-electron chi connectivity index (χ3n) is 3.36. The van der Waals surface area contributed by atoms with E-state index in [1.54, 1.807) is 7.11 Å². The highest BCUT2D eigenvalue weighted by Crippen LogP contribution is 2.29. The van der Waals surface area contributed by atoms with Gasteiger partial charge in [0.25, 0.3) is 0 Å². The molecule has 0 heterocycles. The minimum absolute atomic E-state index is 0.399. The highest BCUT2D eigenvalue weighted by atomic mass is 16.5. The summed E-state index contributed by atoms with van der Waals surface area (Å²) in [5, 5.41) is 0. The molecule has 0 radical (unpaired) electrons. The molecule has 0 saturated heterocycles. The minimum atomic E-state index is 0.399. The molecular weight excluding hydrogens is 234 g/mol. The first-order valence-corrected chi connectivity index (χ1v) is 7.45. The number of nitrogens with zero attached hydrogens (tertiary/aromatic N) is 1. The second kappa shape index (κ2) is 9.85. The molecule has 1 rings (SSSR count). The maximum atomic E-state index is 5.45. The van der Waals surface area contributed by atoms with E-state index < -0.39 is 0 Å². The van der Waals surface area contributed by atoms with Crippen molar-refractivity contribution in [2.24, 2.45) is 0 Å². The van der Waals surface area contributed by atoms with Gasteiger partial charge in [0, 0.05) is 11.6 Å². The normalized spacial score (nSPS) is 11.8. The predicted octanol–water partition coefficient (Wildman–Crippen LogP) is 4.82. The van der Waals surface area contributed by atoms with Gasteiger partial charge in [0.1, 0.15) is 5.75 Å². The molecule has 1 aromatic rings. The van der Waals surface area contributed by atoms with Gasteiger partial charge >= 0.3 is 0 Å². The van der Waals surface area contributed by atoms with Crippen molar-refractivity contribution in [1.82, 2.24) is 4.90 Å². The summed E-state index contributed by atoms with van der Waals surface area (Å²) in [5.41, 5.74) is 2.57. The van der Waals surface area contributed by atoms with Crippen LogP contribution in [-0.2, 0) is 0 Å². The molecule has 0 spiro atoms. The van der Waals surface area contributed by atoms with E-state index in [0.29, 0.717) is 6.04 Å². The van der Waals surface area contributed by atoms with Crippen LogP contribution in [-0.4, -0.2) is 25.6 Å². The zero-order chi connectivity index (χ0) is 14.8. The first-order chi connectivity index (χ1) is 9.10. The second-order valence-electron chi connectivity index (χ2n) is 4.76. The number of hydrogen-bond donors (Lipinski definition) is 0. The molecule has 110 valence electrons. The average Bonchev–Trinajstić information content (AvgIpc) is 2.46. The van der Waals surface area contributed by atoms with Gasteiger partial charge in [-0.1, -0.05) is 44.9 Å². The van der Waals surface area contributed by atoms with E-state index in [1.165, 1.54) is 24.0 Å². The lowest BCUT2D eigenvalue weighted by Gasteiger charge is -2.26. The highest BCUT2D eigenvalue weighted by molar-refractivity contribution is 5.38. The fourth-order valence-electron chi connectivity index (χ4n) is 2.02. The first kappa shape index (κ1) is 18.0. The van der Waals surface area contributed by atoms with E-state index in [1.807, 2.05) is 13.8 Å². The van der Waals surface area contributed by atoms with E-state index in [4.69, 9.17) is 4.74 Å². The molecule has 0 N–H and O–H groups in total. The lowest BCUT2D eigenvalue weighted by Crippen LogP contribution is -2.24. The van der Waals surface area contributed by atoms with Crippen LogP contribution >= 0.6 is 0 Å². The van der Waals surface area contributed by atoms with Gasteiger partial charge in [-0.05, 0) is 39.9 Å². The van der Waals surface area contributed by atoms with E-state index in [9.17, 15) is 0 Å². The van der Waals surface area contributed by atoms with Gasteiger partial charge in [0.15, 0.2) is 0 Å². The van der Waals surface area contributed by atoms with Crippen LogP contribution in [0.1, 0.15) is 57.7 Å². The Morgan fingerprint density at radius 1 is 1.26 bits per heavy atom. The van der Waals surface area contributed by atoms with Crippen molar-refractivity contribution in [2.45, 2.75) is 53.5 Å². The van der Waals surface area contributed by atoms with Crippen LogP contribution in [0.5, 0.6) is 5.75 Å². The van der Waals surface area contributed by atoms with Crippen LogP contribution in [0.3, 0.4) is 0 Å². The van der Waals surface area contributed by atoms with Crippen LogP contribution in [0.4, 0.5) is 0 Å². The smallest absolute Gasteiger partial charge is 0.123 e. The molecule has 1 unspecified atom stereocenters. The Kier molecular flexibility index (Phi) is 9.32. The van der Waals surface area contributed by atoms with E-state index in [0.717, 1.165) is 12.3 Å². The van der Waals surface area contributed by atoms with Crippen molar-refractivity contribution in [3.8, 4) is 5.75 Å². The minimum Gasteiger partial charge on any atom is -0.496 e. The van der Waals surface area contributed by atoms with Crippen molar-refractivity contribution >= 4 is 0 Å². The zero-order valence-corrected chi connectivity index (χ0v) is 13.8. The molecular formula is C17H31NO. The van der Waals surface area contributed by atoms with Gasteiger partial charge < -0.3 is 4.74 Å². The van der Waals surface area contributed by atoms with Gasteiger partial charge in [-0.25, -0.2) is 0 Å². The van der Waals surface area contributed by atoms with Crippen LogP contribution in [0.2, 0.25) is 0 Å². The predicted molar refractivity (Wildman–Crippen MR) is 85.0 cm³/mol. The lowest BCUT2D eigenvalue weighted by molar-refractivity contribution is 0.251.